The molecule has 1 aromatic rings. The van der Waals surface area contributed by atoms with Crippen molar-refractivity contribution in [2.75, 3.05) is 13.2 Å². The van der Waals surface area contributed by atoms with Gasteiger partial charge in [-0.3, -0.25) is 0 Å². The quantitative estimate of drug-likeness (QED) is 0.846. The van der Waals surface area contributed by atoms with E-state index in [4.69, 9.17) is 16.3 Å². The van der Waals surface area contributed by atoms with Crippen LogP contribution in [0.25, 0.3) is 0 Å². The molecule has 18 heavy (non-hydrogen) atoms. The van der Waals surface area contributed by atoms with Crippen molar-refractivity contribution in [3.8, 4) is 0 Å². The van der Waals surface area contributed by atoms with E-state index in [2.05, 4.69) is 33.0 Å². The highest BCUT2D eigenvalue weighted by Gasteiger charge is 2.11. The highest BCUT2D eigenvalue weighted by Crippen LogP contribution is 2.12. The monoisotopic (exact) mass is 269 g/mol. The van der Waals surface area contributed by atoms with E-state index in [1.807, 2.05) is 24.3 Å². The standard InChI is InChI=1S/C15H24ClNO/c1-12(9-17-15(2,3)4)10-18-11-13-6-5-7-14(16)8-13/h5-8,12,17H,9-11H2,1-4H3. The fraction of sp³-hybridized carbons (Fsp3) is 0.600. The number of rotatable bonds is 6. The summed E-state index contributed by atoms with van der Waals surface area (Å²) in [5.41, 5.74) is 1.29. The van der Waals surface area contributed by atoms with Gasteiger partial charge in [0.15, 0.2) is 0 Å². The average Bonchev–Trinajstić information content (AvgIpc) is 2.25. The molecule has 2 nitrogen and oxygen atoms in total. The Labute approximate surface area is 116 Å². The first-order valence-electron chi connectivity index (χ1n) is 6.44. The molecule has 0 fully saturated rings. The zero-order chi connectivity index (χ0) is 13.6. The molecule has 0 spiro atoms. The van der Waals surface area contributed by atoms with Gasteiger partial charge in [0.05, 0.1) is 13.2 Å². The van der Waals surface area contributed by atoms with Gasteiger partial charge in [-0.2, -0.15) is 0 Å². The third-order valence-corrected chi connectivity index (χ3v) is 2.78. The molecule has 0 saturated heterocycles. The molecule has 0 heterocycles. The lowest BCUT2D eigenvalue weighted by molar-refractivity contribution is 0.0898. The Morgan fingerprint density at radius 2 is 2.06 bits per heavy atom. The van der Waals surface area contributed by atoms with Gasteiger partial charge in [-0.15, -0.1) is 0 Å². The maximum Gasteiger partial charge on any atom is 0.0717 e. The predicted molar refractivity (Wildman–Crippen MR) is 78.0 cm³/mol. The highest BCUT2D eigenvalue weighted by atomic mass is 35.5. The van der Waals surface area contributed by atoms with E-state index < -0.39 is 0 Å². The Morgan fingerprint density at radius 3 is 2.67 bits per heavy atom. The molecule has 0 radical (unpaired) electrons. The molecule has 0 aliphatic carbocycles. The lowest BCUT2D eigenvalue weighted by Crippen LogP contribution is -2.39. The van der Waals surface area contributed by atoms with Crippen molar-refractivity contribution >= 4 is 11.6 Å². The summed E-state index contributed by atoms with van der Waals surface area (Å²) in [6, 6.07) is 7.80. The minimum atomic E-state index is 0.168. The van der Waals surface area contributed by atoms with Crippen LogP contribution in [-0.2, 0) is 11.3 Å². The largest absolute Gasteiger partial charge is 0.376 e. The van der Waals surface area contributed by atoms with E-state index >= 15 is 0 Å². The van der Waals surface area contributed by atoms with E-state index in [9.17, 15) is 0 Å². The van der Waals surface area contributed by atoms with Crippen molar-refractivity contribution in [3.63, 3.8) is 0 Å². The minimum Gasteiger partial charge on any atom is -0.376 e. The normalized spacial score (nSPS) is 13.6. The van der Waals surface area contributed by atoms with E-state index in [-0.39, 0.29) is 5.54 Å². The molecule has 0 bridgehead atoms. The summed E-state index contributed by atoms with van der Waals surface area (Å²) in [7, 11) is 0. The number of benzene rings is 1. The maximum atomic E-state index is 5.92. The van der Waals surface area contributed by atoms with Crippen LogP contribution in [0.1, 0.15) is 33.3 Å². The average molecular weight is 270 g/mol. The first-order chi connectivity index (χ1) is 8.37. The topological polar surface area (TPSA) is 21.3 Å². The number of hydrogen-bond donors (Lipinski definition) is 1. The van der Waals surface area contributed by atoms with Gasteiger partial charge in [-0.25, -0.2) is 0 Å². The van der Waals surface area contributed by atoms with E-state index in [0.717, 1.165) is 23.7 Å². The van der Waals surface area contributed by atoms with Gasteiger partial charge in [-0.1, -0.05) is 30.7 Å². The Balaban J connectivity index is 2.21. The summed E-state index contributed by atoms with van der Waals surface area (Å²) in [5, 5.41) is 4.24. The molecule has 0 aromatic heterocycles. The highest BCUT2D eigenvalue weighted by molar-refractivity contribution is 6.30. The summed E-state index contributed by atoms with van der Waals surface area (Å²) in [6.07, 6.45) is 0. The zero-order valence-corrected chi connectivity index (χ0v) is 12.6. The summed E-state index contributed by atoms with van der Waals surface area (Å²) in [5.74, 6) is 0.503. The van der Waals surface area contributed by atoms with Crippen LogP contribution >= 0.6 is 11.6 Å². The van der Waals surface area contributed by atoms with Crippen LogP contribution < -0.4 is 5.32 Å². The van der Waals surface area contributed by atoms with E-state index in [0.29, 0.717) is 12.5 Å². The van der Waals surface area contributed by atoms with E-state index in [1.54, 1.807) is 0 Å². The van der Waals surface area contributed by atoms with Gasteiger partial charge in [0.25, 0.3) is 0 Å². The van der Waals surface area contributed by atoms with Crippen LogP contribution in [0.3, 0.4) is 0 Å². The molecule has 1 aromatic carbocycles. The second-order valence-electron chi connectivity index (χ2n) is 5.88. The minimum absolute atomic E-state index is 0.168. The second-order valence-corrected chi connectivity index (χ2v) is 6.32. The molecule has 1 atom stereocenters. The van der Waals surface area contributed by atoms with Crippen LogP contribution in [0.15, 0.2) is 24.3 Å². The van der Waals surface area contributed by atoms with Crippen LogP contribution in [-0.4, -0.2) is 18.7 Å². The molecule has 0 aliphatic heterocycles. The number of nitrogens with one attached hydrogen (secondary N) is 1. The van der Waals surface area contributed by atoms with Crippen molar-refractivity contribution in [2.45, 2.75) is 39.8 Å². The Bertz CT molecular complexity index is 360. The van der Waals surface area contributed by atoms with Gasteiger partial charge in [0.1, 0.15) is 0 Å². The summed E-state index contributed by atoms with van der Waals surface area (Å²) >= 11 is 5.92. The lowest BCUT2D eigenvalue weighted by Gasteiger charge is -2.23. The SMILES string of the molecule is CC(CNC(C)(C)C)COCc1cccc(Cl)c1. The van der Waals surface area contributed by atoms with Crippen molar-refractivity contribution in [2.24, 2.45) is 5.92 Å². The van der Waals surface area contributed by atoms with Crippen molar-refractivity contribution in [1.29, 1.82) is 0 Å². The Morgan fingerprint density at radius 1 is 1.33 bits per heavy atom. The third kappa shape index (κ3) is 7.00. The Kier molecular flexibility index (Phi) is 6.13. The molecule has 0 aliphatic rings. The molecular weight excluding hydrogens is 246 g/mol. The number of hydrogen-bond acceptors (Lipinski definition) is 2. The predicted octanol–water partition coefficient (Wildman–Crippen LogP) is 3.88. The number of halogens is 1. The van der Waals surface area contributed by atoms with Crippen molar-refractivity contribution in [3.05, 3.63) is 34.9 Å². The summed E-state index contributed by atoms with van der Waals surface area (Å²) in [6.45, 7) is 11.1. The fourth-order valence-electron chi connectivity index (χ4n) is 1.54. The third-order valence-electron chi connectivity index (χ3n) is 2.54. The van der Waals surface area contributed by atoms with Crippen LogP contribution in [0, 0.1) is 5.92 Å². The fourth-order valence-corrected chi connectivity index (χ4v) is 1.76. The van der Waals surface area contributed by atoms with Crippen LogP contribution in [0.2, 0.25) is 5.02 Å². The zero-order valence-electron chi connectivity index (χ0n) is 11.8. The van der Waals surface area contributed by atoms with Crippen LogP contribution in [0.5, 0.6) is 0 Å². The molecule has 1 rings (SSSR count). The van der Waals surface area contributed by atoms with Crippen molar-refractivity contribution in [1.82, 2.24) is 5.32 Å². The summed E-state index contributed by atoms with van der Waals surface area (Å²) in [4.78, 5) is 0. The molecule has 0 saturated carbocycles. The van der Waals surface area contributed by atoms with Gasteiger partial charge >= 0.3 is 0 Å². The van der Waals surface area contributed by atoms with Gasteiger partial charge in [0.2, 0.25) is 0 Å². The van der Waals surface area contributed by atoms with Gasteiger partial charge < -0.3 is 10.1 Å². The maximum absolute atomic E-state index is 5.92. The first kappa shape index (κ1) is 15.5. The second kappa shape index (κ2) is 7.13. The smallest absolute Gasteiger partial charge is 0.0717 e. The van der Waals surface area contributed by atoms with Gasteiger partial charge in [-0.05, 0) is 44.4 Å². The molecule has 1 unspecified atom stereocenters. The van der Waals surface area contributed by atoms with Gasteiger partial charge in [0, 0.05) is 17.1 Å². The lowest BCUT2D eigenvalue weighted by atomic mass is 10.1. The molecule has 1 N–H and O–H groups in total. The Hall–Kier alpha value is -0.570. The number of ether oxygens (including phenoxy) is 1. The summed E-state index contributed by atoms with van der Waals surface area (Å²) < 4.78 is 5.70. The molecule has 3 heteroatoms. The molecule has 0 amide bonds. The molecular formula is C15H24ClNO. The van der Waals surface area contributed by atoms with Crippen LogP contribution in [0.4, 0.5) is 0 Å². The van der Waals surface area contributed by atoms with E-state index in [1.165, 1.54) is 0 Å². The van der Waals surface area contributed by atoms with Crippen molar-refractivity contribution < 1.29 is 4.74 Å². The molecule has 102 valence electrons. The first-order valence-corrected chi connectivity index (χ1v) is 6.82.